The van der Waals surface area contributed by atoms with E-state index in [2.05, 4.69) is 16.8 Å². The predicted molar refractivity (Wildman–Crippen MR) is 122 cm³/mol. The smallest absolute Gasteiger partial charge is 0.243 e. The lowest BCUT2D eigenvalue weighted by Gasteiger charge is -2.31. The van der Waals surface area contributed by atoms with Gasteiger partial charge in [0.15, 0.2) is 0 Å². The molecule has 1 fully saturated rings. The van der Waals surface area contributed by atoms with Gasteiger partial charge in [0.2, 0.25) is 15.9 Å². The maximum Gasteiger partial charge on any atom is 0.243 e. The third-order valence-corrected chi connectivity index (χ3v) is 7.89. The number of hydrogen-bond donors (Lipinski definition) is 1. The first-order chi connectivity index (χ1) is 14.9. The number of nitrogens with one attached hydrogen (secondary N) is 1. The minimum Gasteiger partial charge on any atom is -0.352 e. The Kier molecular flexibility index (Phi) is 6.16. The number of nitrogens with zero attached hydrogens (tertiary/aromatic N) is 2. The van der Waals surface area contributed by atoms with Gasteiger partial charge in [0.25, 0.3) is 0 Å². The average Bonchev–Trinajstić information content (AvgIpc) is 3.20. The van der Waals surface area contributed by atoms with Gasteiger partial charge in [-0.2, -0.15) is 4.31 Å². The largest absolute Gasteiger partial charge is 0.352 e. The van der Waals surface area contributed by atoms with Crippen molar-refractivity contribution in [3.63, 3.8) is 0 Å². The maximum absolute atomic E-state index is 13.3. The van der Waals surface area contributed by atoms with Crippen molar-refractivity contribution in [1.82, 2.24) is 14.2 Å². The number of fused-ring (bicyclic) bond motifs is 1. The Bertz CT molecular complexity index is 1200. The van der Waals surface area contributed by atoms with E-state index in [9.17, 15) is 13.2 Å². The van der Waals surface area contributed by atoms with Gasteiger partial charge in [-0.15, -0.1) is 0 Å². The van der Waals surface area contributed by atoms with Crippen molar-refractivity contribution in [3.05, 3.63) is 65.9 Å². The summed E-state index contributed by atoms with van der Waals surface area (Å²) in [5, 5.41) is 3.89. The van der Waals surface area contributed by atoms with Crippen molar-refractivity contribution in [2.75, 3.05) is 13.1 Å². The number of sulfonamides is 1. The highest BCUT2D eigenvalue weighted by Crippen LogP contribution is 2.27. The van der Waals surface area contributed by atoms with E-state index < -0.39 is 10.0 Å². The third kappa shape index (κ3) is 4.52. The quantitative estimate of drug-likeness (QED) is 0.637. The molecule has 1 N–H and O–H groups in total. The molecule has 3 aromatic rings. The lowest BCUT2D eigenvalue weighted by Crippen LogP contribution is -2.45. The van der Waals surface area contributed by atoms with Gasteiger partial charge in [-0.3, -0.25) is 4.79 Å². The summed E-state index contributed by atoms with van der Waals surface area (Å²) in [4.78, 5) is 13.0. The molecule has 0 spiro atoms. The number of hydrogen-bond acceptors (Lipinski definition) is 3. The summed E-state index contributed by atoms with van der Waals surface area (Å²) < 4.78 is 30.1. The van der Waals surface area contributed by atoms with E-state index >= 15 is 0 Å². The van der Waals surface area contributed by atoms with Crippen LogP contribution >= 0.6 is 0 Å². The molecule has 1 atom stereocenters. The molecule has 1 amide bonds. The SMILES string of the molecule is CCn1ccc2cc(S(=O)(=O)N3CCCC(C(=O)NCc4cccc(C)c4)C3)ccc21. The lowest BCUT2D eigenvalue weighted by atomic mass is 9.98. The summed E-state index contributed by atoms with van der Waals surface area (Å²) in [6.45, 7) is 6.02. The highest BCUT2D eigenvalue weighted by molar-refractivity contribution is 7.89. The molecule has 1 aliphatic heterocycles. The van der Waals surface area contributed by atoms with E-state index in [0.717, 1.165) is 28.6 Å². The van der Waals surface area contributed by atoms with Crippen LogP contribution < -0.4 is 5.32 Å². The minimum absolute atomic E-state index is 0.0862. The summed E-state index contributed by atoms with van der Waals surface area (Å²) in [5.74, 6) is -0.421. The number of aromatic nitrogens is 1. The molecule has 0 saturated carbocycles. The summed E-state index contributed by atoms with van der Waals surface area (Å²) in [6.07, 6.45) is 3.34. The van der Waals surface area contributed by atoms with Crippen LogP contribution in [0.15, 0.2) is 59.6 Å². The molecular weight excluding hydrogens is 410 g/mol. The molecule has 1 aliphatic rings. The van der Waals surface area contributed by atoms with Crippen molar-refractivity contribution >= 4 is 26.8 Å². The Balaban J connectivity index is 1.46. The molecule has 1 aromatic heterocycles. The molecular formula is C24H29N3O3S. The van der Waals surface area contributed by atoms with E-state index in [0.29, 0.717) is 25.9 Å². The third-order valence-electron chi connectivity index (χ3n) is 6.03. The number of rotatable bonds is 6. The Hall–Kier alpha value is -2.64. The maximum atomic E-state index is 13.3. The summed E-state index contributed by atoms with van der Waals surface area (Å²) >= 11 is 0. The molecule has 2 aromatic carbocycles. The van der Waals surface area contributed by atoms with Gasteiger partial charge < -0.3 is 9.88 Å². The van der Waals surface area contributed by atoms with E-state index in [4.69, 9.17) is 0 Å². The van der Waals surface area contributed by atoms with Crippen LogP contribution in [0.2, 0.25) is 0 Å². The fourth-order valence-electron chi connectivity index (χ4n) is 4.29. The van der Waals surface area contributed by atoms with Gasteiger partial charge in [-0.1, -0.05) is 29.8 Å². The van der Waals surface area contributed by atoms with Crippen LogP contribution in [0.5, 0.6) is 0 Å². The molecule has 7 heteroatoms. The van der Waals surface area contributed by atoms with E-state index in [1.54, 1.807) is 12.1 Å². The Morgan fingerprint density at radius 3 is 2.77 bits per heavy atom. The molecule has 6 nitrogen and oxygen atoms in total. The molecule has 1 saturated heterocycles. The van der Waals surface area contributed by atoms with Crippen molar-refractivity contribution in [2.45, 2.75) is 44.7 Å². The standard InChI is InChI=1S/C24H29N3O3S/c1-3-26-13-11-20-15-22(9-10-23(20)26)31(29,30)27-12-5-8-21(17-27)24(28)25-16-19-7-4-6-18(2)14-19/h4,6-7,9-11,13-15,21H,3,5,8,12,16-17H2,1-2H3,(H,25,28). The van der Waals surface area contributed by atoms with Crippen molar-refractivity contribution < 1.29 is 13.2 Å². The topological polar surface area (TPSA) is 71.4 Å². The first-order valence-electron chi connectivity index (χ1n) is 10.8. The van der Waals surface area contributed by atoms with Gasteiger partial charge in [0, 0.05) is 43.3 Å². The highest BCUT2D eigenvalue weighted by Gasteiger charge is 2.33. The second-order valence-corrected chi connectivity index (χ2v) is 10.2. The van der Waals surface area contributed by atoms with Crippen LogP contribution in [-0.4, -0.2) is 36.3 Å². The first kappa shape index (κ1) is 21.6. The number of carbonyl (C=O) groups excluding carboxylic acids is 1. The molecule has 31 heavy (non-hydrogen) atoms. The zero-order valence-corrected chi connectivity index (χ0v) is 18.9. The van der Waals surface area contributed by atoms with Gasteiger partial charge in [-0.25, -0.2) is 8.42 Å². The molecule has 1 unspecified atom stereocenters. The van der Waals surface area contributed by atoms with Crippen LogP contribution in [-0.2, 0) is 27.9 Å². The lowest BCUT2D eigenvalue weighted by molar-refractivity contribution is -0.126. The van der Waals surface area contributed by atoms with Crippen LogP contribution in [0.4, 0.5) is 0 Å². The molecule has 0 radical (unpaired) electrons. The Morgan fingerprint density at radius 1 is 1.16 bits per heavy atom. The monoisotopic (exact) mass is 439 g/mol. The van der Waals surface area contributed by atoms with Gasteiger partial charge >= 0.3 is 0 Å². The first-order valence-corrected chi connectivity index (χ1v) is 12.2. The van der Waals surface area contributed by atoms with E-state index in [1.165, 1.54) is 4.31 Å². The second kappa shape index (κ2) is 8.85. The van der Waals surface area contributed by atoms with Crippen molar-refractivity contribution in [3.8, 4) is 0 Å². The zero-order valence-electron chi connectivity index (χ0n) is 18.0. The van der Waals surface area contributed by atoms with Gasteiger partial charge in [-0.05, 0) is 56.5 Å². The van der Waals surface area contributed by atoms with E-state index in [1.807, 2.05) is 49.5 Å². The fraction of sp³-hybridized carbons (Fsp3) is 0.375. The number of carbonyl (C=O) groups is 1. The summed E-state index contributed by atoms with van der Waals surface area (Å²) in [7, 11) is -3.65. The van der Waals surface area contributed by atoms with Crippen molar-refractivity contribution in [1.29, 1.82) is 0 Å². The van der Waals surface area contributed by atoms with Crippen molar-refractivity contribution in [2.24, 2.45) is 5.92 Å². The average molecular weight is 440 g/mol. The number of amides is 1. The Labute approximate surface area is 183 Å². The molecule has 164 valence electrons. The van der Waals surface area contributed by atoms with Gasteiger partial charge in [0.05, 0.1) is 10.8 Å². The van der Waals surface area contributed by atoms with Crippen LogP contribution in [0.25, 0.3) is 10.9 Å². The highest BCUT2D eigenvalue weighted by atomic mass is 32.2. The molecule has 4 rings (SSSR count). The summed E-state index contributed by atoms with van der Waals surface area (Å²) in [6, 6.07) is 15.2. The molecule has 2 heterocycles. The molecule has 0 aliphatic carbocycles. The Morgan fingerprint density at radius 2 is 2.00 bits per heavy atom. The normalized spacial score (nSPS) is 17.7. The number of aryl methyl sites for hydroxylation is 2. The zero-order chi connectivity index (χ0) is 22.0. The van der Waals surface area contributed by atoms with Crippen LogP contribution in [0.1, 0.15) is 30.9 Å². The number of piperidine rings is 1. The summed E-state index contributed by atoms with van der Waals surface area (Å²) in [5.41, 5.74) is 3.21. The van der Waals surface area contributed by atoms with Crippen LogP contribution in [0.3, 0.4) is 0 Å². The van der Waals surface area contributed by atoms with Crippen LogP contribution in [0, 0.1) is 12.8 Å². The second-order valence-electron chi connectivity index (χ2n) is 8.23. The molecule has 0 bridgehead atoms. The fourth-order valence-corrected chi connectivity index (χ4v) is 5.85. The van der Waals surface area contributed by atoms with Gasteiger partial charge in [0.1, 0.15) is 0 Å². The minimum atomic E-state index is -3.65. The predicted octanol–water partition coefficient (Wildman–Crippen LogP) is 3.69. The number of benzene rings is 2. The van der Waals surface area contributed by atoms with E-state index in [-0.39, 0.29) is 23.3 Å².